The fraction of sp³-hybridized carbons (Fsp3) is 0.857. The van der Waals surface area contributed by atoms with Crippen LogP contribution in [-0.2, 0) is 4.79 Å². The highest BCUT2D eigenvalue weighted by Crippen LogP contribution is 2.09. The fourth-order valence-corrected chi connectivity index (χ4v) is 2.27. The Kier molecular flexibility index (Phi) is 11.3. The molecule has 0 heterocycles. The Labute approximate surface area is 126 Å². The molecule has 0 fully saturated rings. The summed E-state index contributed by atoms with van der Waals surface area (Å²) < 4.78 is 0. The standard InChI is InChI=1S/C14H28N2O3S/c1-11(13(17)18)7-6-8-12(2)16-14(19)15-9-4-5-10-20-3/h11-12H,4-10H2,1-3H3,(H,17,18)(H2,15,16,19). The molecule has 0 radical (unpaired) electrons. The van der Waals surface area contributed by atoms with Crippen LogP contribution in [0.3, 0.4) is 0 Å². The fourth-order valence-electron chi connectivity index (χ4n) is 1.77. The predicted molar refractivity (Wildman–Crippen MR) is 84.3 cm³/mol. The Bertz CT molecular complexity index is 288. The van der Waals surface area contributed by atoms with E-state index in [1.165, 1.54) is 0 Å². The van der Waals surface area contributed by atoms with Crippen LogP contribution in [-0.4, -0.2) is 41.7 Å². The van der Waals surface area contributed by atoms with Crippen molar-refractivity contribution in [1.29, 1.82) is 0 Å². The molecule has 118 valence electrons. The molecule has 3 N–H and O–H groups in total. The second-order valence-corrected chi connectivity index (χ2v) is 6.16. The number of hydrogen-bond acceptors (Lipinski definition) is 3. The molecule has 20 heavy (non-hydrogen) atoms. The van der Waals surface area contributed by atoms with Crippen LogP contribution in [0.5, 0.6) is 0 Å². The van der Waals surface area contributed by atoms with Gasteiger partial charge < -0.3 is 15.7 Å². The summed E-state index contributed by atoms with van der Waals surface area (Å²) in [6.45, 7) is 4.36. The first-order chi connectivity index (χ1) is 9.47. The van der Waals surface area contributed by atoms with Crippen LogP contribution in [0.15, 0.2) is 0 Å². The van der Waals surface area contributed by atoms with E-state index in [1.54, 1.807) is 6.92 Å². The van der Waals surface area contributed by atoms with E-state index in [2.05, 4.69) is 16.9 Å². The number of urea groups is 1. The van der Waals surface area contributed by atoms with Gasteiger partial charge in [-0.1, -0.05) is 13.3 Å². The molecule has 0 spiro atoms. The number of nitrogens with one attached hydrogen (secondary N) is 2. The van der Waals surface area contributed by atoms with Crippen LogP contribution in [0, 0.1) is 5.92 Å². The number of aliphatic carboxylic acids is 1. The summed E-state index contributed by atoms with van der Waals surface area (Å²) in [4.78, 5) is 22.2. The number of carboxylic acids is 1. The highest BCUT2D eigenvalue weighted by Gasteiger charge is 2.12. The number of thioether (sulfide) groups is 1. The first kappa shape index (κ1) is 19.1. The van der Waals surface area contributed by atoms with E-state index in [1.807, 2.05) is 18.7 Å². The van der Waals surface area contributed by atoms with E-state index in [-0.39, 0.29) is 18.0 Å². The lowest BCUT2D eigenvalue weighted by atomic mass is 10.0. The summed E-state index contributed by atoms with van der Waals surface area (Å²) in [6, 6.07) is -0.0601. The molecule has 2 unspecified atom stereocenters. The van der Waals surface area contributed by atoms with Crippen molar-refractivity contribution in [2.24, 2.45) is 5.92 Å². The SMILES string of the molecule is CSCCCCNC(=O)NC(C)CCCC(C)C(=O)O. The maximum Gasteiger partial charge on any atom is 0.314 e. The lowest BCUT2D eigenvalue weighted by Gasteiger charge is -2.15. The van der Waals surface area contributed by atoms with Crippen molar-refractivity contribution in [2.45, 2.75) is 52.0 Å². The van der Waals surface area contributed by atoms with Crippen molar-refractivity contribution in [3.05, 3.63) is 0 Å². The van der Waals surface area contributed by atoms with Gasteiger partial charge >= 0.3 is 12.0 Å². The van der Waals surface area contributed by atoms with Gasteiger partial charge in [0.15, 0.2) is 0 Å². The molecule has 0 saturated carbocycles. The van der Waals surface area contributed by atoms with Gasteiger partial charge in [-0.3, -0.25) is 4.79 Å². The number of amides is 2. The summed E-state index contributed by atoms with van der Waals surface area (Å²) in [6.07, 6.45) is 6.45. The van der Waals surface area contributed by atoms with Gasteiger partial charge in [0.1, 0.15) is 0 Å². The van der Waals surface area contributed by atoms with Crippen molar-refractivity contribution in [2.75, 3.05) is 18.6 Å². The Balaban J connectivity index is 3.57. The van der Waals surface area contributed by atoms with E-state index in [9.17, 15) is 9.59 Å². The minimum atomic E-state index is -0.756. The van der Waals surface area contributed by atoms with Crippen molar-refractivity contribution >= 4 is 23.8 Å². The zero-order valence-corrected chi connectivity index (χ0v) is 13.6. The van der Waals surface area contributed by atoms with Gasteiger partial charge in [-0.25, -0.2) is 4.79 Å². The van der Waals surface area contributed by atoms with Crippen LogP contribution in [0.4, 0.5) is 4.79 Å². The number of unbranched alkanes of at least 4 members (excludes halogenated alkanes) is 1. The van der Waals surface area contributed by atoms with Crippen LogP contribution in [0.25, 0.3) is 0 Å². The average Bonchev–Trinajstić information content (AvgIpc) is 2.38. The first-order valence-electron chi connectivity index (χ1n) is 7.23. The zero-order chi connectivity index (χ0) is 15.4. The molecule has 0 rings (SSSR count). The van der Waals surface area contributed by atoms with Gasteiger partial charge in [0.05, 0.1) is 5.92 Å². The van der Waals surface area contributed by atoms with E-state index >= 15 is 0 Å². The summed E-state index contributed by atoms with van der Waals surface area (Å²) in [5.41, 5.74) is 0. The molecular weight excluding hydrogens is 276 g/mol. The molecule has 0 aliphatic heterocycles. The number of carbonyl (C=O) groups excluding carboxylic acids is 1. The van der Waals surface area contributed by atoms with E-state index in [4.69, 9.17) is 5.11 Å². The highest BCUT2D eigenvalue weighted by atomic mass is 32.2. The number of rotatable bonds is 11. The molecule has 0 aromatic rings. The third-order valence-corrected chi connectivity index (χ3v) is 3.83. The predicted octanol–water partition coefficient (Wildman–Crippen LogP) is 2.71. The number of carbonyl (C=O) groups is 2. The largest absolute Gasteiger partial charge is 0.481 e. The molecular formula is C14H28N2O3S. The maximum atomic E-state index is 11.6. The second kappa shape index (κ2) is 11.9. The van der Waals surface area contributed by atoms with Crippen molar-refractivity contribution in [3.63, 3.8) is 0 Å². The minimum absolute atomic E-state index is 0.0715. The van der Waals surface area contributed by atoms with Crippen molar-refractivity contribution < 1.29 is 14.7 Å². The summed E-state index contributed by atoms with van der Waals surface area (Å²) >= 11 is 1.81. The van der Waals surface area contributed by atoms with Gasteiger partial charge in [0.25, 0.3) is 0 Å². The van der Waals surface area contributed by atoms with Gasteiger partial charge in [0.2, 0.25) is 0 Å². The molecule has 2 amide bonds. The summed E-state index contributed by atoms with van der Waals surface area (Å²) in [5, 5.41) is 14.5. The highest BCUT2D eigenvalue weighted by molar-refractivity contribution is 7.98. The molecule has 0 aliphatic carbocycles. The van der Waals surface area contributed by atoms with E-state index in [0.717, 1.165) is 31.4 Å². The Hall–Kier alpha value is -0.910. The lowest BCUT2D eigenvalue weighted by molar-refractivity contribution is -0.141. The Morgan fingerprint density at radius 2 is 1.85 bits per heavy atom. The lowest BCUT2D eigenvalue weighted by Crippen LogP contribution is -2.41. The summed E-state index contributed by atoms with van der Waals surface area (Å²) in [5.74, 6) is 0.0580. The van der Waals surface area contributed by atoms with Gasteiger partial charge in [-0.05, 0) is 44.6 Å². The minimum Gasteiger partial charge on any atom is -0.481 e. The Morgan fingerprint density at radius 3 is 2.45 bits per heavy atom. The second-order valence-electron chi connectivity index (χ2n) is 5.17. The Morgan fingerprint density at radius 1 is 1.15 bits per heavy atom. The molecule has 0 bridgehead atoms. The maximum absolute atomic E-state index is 11.6. The van der Waals surface area contributed by atoms with Crippen LogP contribution < -0.4 is 10.6 Å². The van der Waals surface area contributed by atoms with Gasteiger partial charge in [-0.15, -0.1) is 0 Å². The molecule has 6 heteroatoms. The third-order valence-electron chi connectivity index (χ3n) is 3.13. The van der Waals surface area contributed by atoms with Crippen molar-refractivity contribution in [1.82, 2.24) is 10.6 Å². The molecule has 5 nitrogen and oxygen atoms in total. The quantitative estimate of drug-likeness (QED) is 0.513. The van der Waals surface area contributed by atoms with E-state index < -0.39 is 5.97 Å². The van der Waals surface area contributed by atoms with Crippen molar-refractivity contribution in [3.8, 4) is 0 Å². The molecule has 0 aromatic carbocycles. The average molecular weight is 304 g/mol. The zero-order valence-electron chi connectivity index (χ0n) is 12.8. The normalized spacial score (nSPS) is 13.6. The van der Waals surface area contributed by atoms with Gasteiger partial charge in [0, 0.05) is 12.6 Å². The number of carboxylic acid groups (broad SMARTS) is 1. The van der Waals surface area contributed by atoms with Crippen LogP contribution in [0.1, 0.15) is 46.0 Å². The molecule has 2 atom stereocenters. The first-order valence-corrected chi connectivity index (χ1v) is 8.62. The molecule has 0 aliphatic rings. The topological polar surface area (TPSA) is 78.4 Å². The molecule has 0 saturated heterocycles. The monoisotopic (exact) mass is 304 g/mol. The van der Waals surface area contributed by atoms with Crippen LogP contribution >= 0.6 is 11.8 Å². The molecule has 0 aromatic heterocycles. The van der Waals surface area contributed by atoms with E-state index in [0.29, 0.717) is 13.0 Å². The van der Waals surface area contributed by atoms with Gasteiger partial charge in [-0.2, -0.15) is 11.8 Å². The van der Waals surface area contributed by atoms with Crippen LogP contribution in [0.2, 0.25) is 0 Å². The smallest absolute Gasteiger partial charge is 0.314 e. The summed E-state index contributed by atoms with van der Waals surface area (Å²) in [7, 11) is 0. The number of hydrogen-bond donors (Lipinski definition) is 3. The third kappa shape index (κ3) is 11.0.